The summed E-state index contributed by atoms with van der Waals surface area (Å²) >= 11 is 5.92. The minimum Gasteiger partial charge on any atom is -0.487 e. The molecule has 1 aliphatic heterocycles. The second kappa shape index (κ2) is 5.15. The molecule has 1 unspecified atom stereocenters. The molecule has 0 spiro atoms. The van der Waals surface area contributed by atoms with Gasteiger partial charge in [0.15, 0.2) is 0 Å². The summed E-state index contributed by atoms with van der Waals surface area (Å²) in [6, 6.07) is 13.3. The highest BCUT2D eigenvalue weighted by molar-refractivity contribution is 6.30. The fraction of sp³-hybridized carbons (Fsp3) is 0.294. The summed E-state index contributed by atoms with van der Waals surface area (Å²) in [5, 5.41) is 4.47. The van der Waals surface area contributed by atoms with Gasteiger partial charge in [-0.05, 0) is 54.8 Å². The van der Waals surface area contributed by atoms with Crippen LogP contribution in [0.2, 0.25) is 5.02 Å². The Morgan fingerprint density at radius 1 is 1.14 bits per heavy atom. The Kier molecular flexibility index (Phi) is 3.46. The van der Waals surface area contributed by atoms with Gasteiger partial charge < -0.3 is 4.74 Å². The van der Waals surface area contributed by atoms with E-state index in [-0.39, 0.29) is 11.6 Å². The van der Waals surface area contributed by atoms with E-state index in [1.807, 2.05) is 36.4 Å². The van der Waals surface area contributed by atoms with Gasteiger partial charge >= 0.3 is 0 Å². The number of hydrogen-bond acceptors (Lipinski definition) is 3. The molecule has 1 aliphatic rings. The minimum absolute atomic E-state index is 0.158. The number of nitrogens with zero attached hydrogens (tertiary/aromatic N) is 1. The molecule has 0 saturated carbocycles. The predicted octanol–water partition coefficient (Wildman–Crippen LogP) is 5.17. The normalized spacial score (nSPS) is 16.9. The van der Waals surface area contributed by atoms with Crippen LogP contribution in [0.3, 0.4) is 0 Å². The van der Waals surface area contributed by atoms with Crippen molar-refractivity contribution in [2.75, 3.05) is 0 Å². The van der Waals surface area contributed by atoms with E-state index in [9.17, 15) is 0 Å². The van der Waals surface area contributed by atoms with Crippen LogP contribution in [0.25, 0.3) is 0 Å². The van der Waals surface area contributed by atoms with Crippen LogP contribution in [0.1, 0.15) is 36.6 Å². The van der Waals surface area contributed by atoms with E-state index in [1.54, 1.807) is 0 Å². The molecule has 0 bridgehead atoms. The van der Waals surface area contributed by atoms with Crippen LogP contribution in [0.15, 0.2) is 47.6 Å². The summed E-state index contributed by atoms with van der Waals surface area (Å²) < 4.78 is 5.89. The van der Waals surface area contributed by atoms with Crippen molar-refractivity contribution in [1.82, 2.24) is 0 Å². The molecule has 1 heterocycles. The second-order valence-corrected chi connectivity index (χ2v) is 6.43. The molecule has 2 aromatic carbocycles. The molecule has 0 radical (unpaired) electrons. The van der Waals surface area contributed by atoms with Crippen LogP contribution in [0, 0.1) is 5.53 Å². The van der Waals surface area contributed by atoms with Crippen molar-refractivity contribution >= 4 is 11.6 Å². The van der Waals surface area contributed by atoms with Crippen LogP contribution < -0.4 is 4.74 Å². The summed E-state index contributed by atoms with van der Waals surface area (Å²) in [7, 11) is 0. The molecule has 0 fully saturated rings. The van der Waals surface area contributed by atoms with Gasteiger partial charge in [0.25, 0.3) is 0 Å². The molecule has 0 aromatic heterocycles. The highest BCUT2D eigenvalue weighted by Crippen LogP contribution is 2.38. The quantitative estimate of drug-likeness (QED) is 0.780. The van der Waals surface area contributed by atoms with E-state index in [1.165, 1.54) is 5.56 Å². The van der Waals surface area contributed by atoms with Gasteiger partial charge in [0.05, 0.1) is 0 Å². The van der Waals surface area contributed by atoms with E-state index in [0.717, 1.165) is 23.3 Å². The zero-order valence-corrected chi connectivity index (χ0v) is 12.8. The summed E-state index contributed by atoms with van der Waals surface area (Å²) in [5.41, 5.74) is 10.5. The average Bonchev–Trinajstić information content (AvgIpc) is 2.75. The standard InChI is InChI=1S/C17H17ClN2O/c1-17(2)10-13-9-12(5-8-15(13)21-17)16(20-19)11-3-6-14(18)7-4-11/h3-9,16,19H,10H2,1-2H3. The summed E-state index contributed by atoms with van der Waals surface area (Å²) in [6.45, 7) is 4.16. The molecule has 108 valence electrons. The van der Waals surface area contributed by atoms with Gasteiger partial charge in [-0.1, -0.05) is 29.8 Å². The van der Waals surface area contributed by atoms with Crippen LogP contribution in [-0.2, 0) is 6.42 Å². The first kappa shape index (κ1) is 14.1. The van der Waals surface area contributed by atoms with Crippen LogP contribution in [0.4, 0.5) is 0 Å². The van der Waals surface area contributed by atoms with E-state index in [4.69, 9.17) is 21.9 Å². The van der Waals surface area contributed by atoms with Crippen molar-refractivity contribution in [3.63, 3.8) is 0 Å². The molecule has 21 heavy (non-hydrogen) atoms. The lowest BCUT2D eigenvalue weighted by molar-refractivity contribution is 0.138. The number of rotatable bonds is 3. The molecule has 3 nitrogen and oxygen atoms in total. The molecule has 1 atom stereocenters. The monoisotopic (exact) mass is 300 g/mol. The Balaban J connectivity index is 1.96. The third-order valence-electron chi connectivity index (χ3n) is 3.72. The third-order valence-corrected chi connectivity index (χ3v) is 3.97. The van der Waals surface area contributed by atoms with Gasteiger partial charge in [-0.15, -0.1) is 0 Å². The molecule has 0 saturated heterocycles. The third kappa shape index (κ3) is 2.79. The molecular weight excluding hydrogens is 284 g/mol. The fourth-order valence-electron chi connectivity index (χ4n) is 2.79. The lowest BCUT2D eigenvalue weighted by atomic mass is 9.95. The van der Waals surface area contributed by atoms with Crippen molar-refractivity contribution in [3.05, 3.63) is 64.2 Å². The maximum atomic E-state index is 7.52. The Bertz CT molecular complexity index is 680. The maximum absolute atomic E-state index is 7.52. The zero-order valence-electron chi connectivity index (χ0n) is 12.1. The number of nitrogens with one attached hydrogen (secondary N) is 1. The summed E-state index contributed by atoms with van der Waals surface area (Å²) in [5.74, 6) is 0.934. The van der Waals surface area contributed by atoms with Crippen molar-refractivity contribution in [3.8, 4) is 5.75 Å². The van der Waals surface area contributed by atoms with Crippen molar-refractivity contribution in [2.24, 2.45) is 5.11 Å². The molecular formula is C17H17ClN2O. The van der Waals surface area contributed by atoms with E-state index < -0.39 is 0 Å². The van der Waals surface area contributed by atoms with Gasteiger partial charge in [0.2, 0.25) is 0 Å². The van der Waals surface area contributed by atoms with E-state index in [2.05, 4.69) is 25.0 Å². The summed E-state index contributed by atoms with van der Waals surface area (Å²) in [4.78, 5) is 0. The molecule has 1 N–H and O–H groups in total. The highest BCUT2D eigenvalue weighted by Gasteiger charge is 2.30. The second-order valence-electron chi connectivity index (χ2n) is 5.99. The highest BCUT2D eigenvalue weighted by atomic mass is 35.5. The molecule has 3 rings (SSSR count). The first-order valence-corrected chi connectivity index (χ1v) is 7.30. The van der Waals surface area contributed by atoms with E-state index in [0.29, 0.717) is 5.02 Å². The predicted molar refractivity (Wildman–Crippen MR) is 83.3 cm³/mol. The Labute approximate surface area is 129 Å². The zero-order chi connectivity index (χ0) is 15.0. The Morgan fingerprint density at radius 3 is 2.48 bits per heavy atom. The number of ether oxygens (including phenoxy) is 1. The van der Waals surface area contributed by atoms with Crippen LogP contribution in [0.5, 0.6) is 5.75 Å². The SMILES string of the molecule is CC1(C)Cc2cc(C(N=N)c3ccc(Cl)cc3)ccc2O1. The fourth-order valence-corrected chi connectivity index (χ4v) is 2.91. The van der Waals surface area contributed by atoms with Gasteiger partial charge in [0.1, 0.15) is 17.4 Å². The first-order valence-electron chi connectivity index (χ1n) is 6.92. The van der Waals surface area contributed by atoms with Gasteiger partial charge in [-0.2, -0.15) is 5.11 Å². The number of hydrogen-bond donors (Lipinski definition) is 1. The van der Waals surface area contributed by atoms with Crippen LogP contribution >= 0.6 is 11.6 Å². The van der Waals surface area contributed by atoms with Crippen molar-refractivity contribution < 1.29 is 4.74 Å². The van der Waals surface area contributed by atoms with Crippen LogP contribution in [-0.4, -0.2) is 5.60 Å². The van der Waals surface area contributed by atoms with E-state index >= 15 is 0 Å². The molecule has 2 aromatic rings. The number of benzene rings is 2. The average molecular weight is 301 g/mol. The topological polar surface area (TPSA) is 45.4 Å². The molecule has 0 amide bonds. The van der Waals surface area contributed by atoms with Crippen molar-refractivity contribution in [1.29, 1.82) is 5.53 Å². The summed E-state index contributed by atoms with van der Waals surface area (Å²) in [6.07, 6.45) is 0.876. The van der Waals surface area contributed by atoms with Crippen molar-refractivity contribution in [2.45, 2.75) is 31.9 Å². The number of fused-ring (bicyclic) bond motifs is 1. The lowest BCUT2D eigenvalue weighted by Gasteiger charge is -2.16. The van der Waals surface area contributed by atoms with Gasteiger partial charge in [-0.3, -0.25) is 0 Å². The lowest BCUT2D eigenvalue weighted by Crippen LogP contribution is -2.24. The molecule has 0 aliphatic carbocycles. The Hall–Kier alpha value is -1.87. The largest absolute Gasteiger partial charge is 0.487 e. The number of halogens is 1. The minimum atomic E-state index is -0.295. The Morgan fingerprint density at radius 2 is 1.81 bits per heavy atom. The maximum Gasteiger partial charge on any atom is 0.123 e. The smallest absolute Gasteiger partial charge is 0.123 e. The first-order chi connectivity index (χ1) is 9.98. The molecule has 4 heteroatoms. The van der Waals surface area contributed by atoms with Gasteiger partial charge in [0, 0.05) is 11.4 Å². The van der Waals surface area contributed by atoms with Gasteiger partial charge in [-0.25, -0.2) is 5.53 Å².